The quantitative estimate of drug-likeness (QED) is 0.695. The molecule has 1 saturated heterocycles. The van der Waals surface area contributed by atoms with Crippen LogP contribution >= 0.6 is 0 Å². The maximum Gasteiger partial charge on any atom is 0.319 e. The minimum atomic E-state index is -0.980. The highest BCUT2D eigenvalue weighted by Crippen LogP contribution is 2.19. The lowest BCUT2D eigenvalue weighted by atomic mass is 10.0. The predicted octanol–water partition coefficient (Wildman–Crippen LogP) is 0.0228. The average molecular weight is 302 g/mol. The van der Waals surface area contributed by atoms with Crippen molar-refractivity contribution in [3.63, 3.8) is 0 Å². The van der Waals surface area contributed by atoms with Crippen molar-refractivity contribution in [3.8, 4) is 0 Å². The van der Waals surface area contributed by atoms with E-state index < -0.39 is 17.9 Å². The third-order valence-electron chi connectivity index (χ3n) is 3.45. The summed E-state index contributed by atoms with van der Waals surface area (Å²) < 4.78 is 9.94. The minimum absolute atomic E-state index is 0.101. The zero-order valence-electron chi connectivity index (χ0n) is 12.6. The van der Waals surface area contributed by atoms with Crippen molar-refractivity contribution in [1.82, 2.24) is 9.80 Å². The zero-order chi connectivity index (χ0) is 16.0. The molecule has 1 rings (SSSR count). The molecule has 8 nitrogen and oxygen atoms in total. The molecule has 8 heteroatoms. The number of rotatable bonds is 6. The number of aliphatic carboxylic acids is 1. The van der Waals surface area contributed by atoms with E-state index in [0.29, 0.717) is 6.61 Å². The Balaban J connectivity index is 2.53. The lowest BCUT2D eigenvalue weighted by molar-refractivity contribution is -0.143. The SMILES string of the molecule is CCOC(=O)CCN(C)C(=O)N(C)C1COCC1C(=O)O. The van der Waals surface area contributed by atoms with Gasteiger partial charge in [0.15, 0.2) is 0 Å². The van der Waals surface area contributed by atoms with Crippen LogP contribution in [0.15, 0.2) is 0 Å². The molecule has 0 aromatic rings. The molecule has 0 bridgehead atoms. The van der Waals surface area contributed by atoms with Gasteiger partial charge in [0, 0.05) is 20.6 Å². The molecule has 2 unspecified atom stereocenters. The zero-order valence-corrected chi connectivity index (χ0v) is 12.6. The van der Waals surface area contributed by atoms with Gasteiger partial charge in [0.1, 0.15) is 5.92 Å². The molecule has 1 aliphatic rings. The number of amides is 2. The second kappa shape index (κ2) is 7.82. The summed E-state index contributed by atoms with van der Waals surface area (Å²) in [6.07, 6.45) is 0.105. The molecule has 0 aliphatic carbocycles. The van der Waals surface area contributed by atoms with Gasteiger partial charge in [0.05, 0.1) is 32.3 Å². The van der Waals surface area contributed by atoms with E-state index in [4.69, 9.17) is 14.6 Å². The van der Waals surface area contributed by atoms with Gasteiger partial charge in [-0.2, -0.15) is 0 Å². The molecule has 0 spiro atoms. The summed E-state index contributed by atoms with van der Waals surface area (Å²) in [5.74, 6) is -2.07. The Labute approximate surface area is 123 Å². The monoisotopic (exact) mass is 302 g/mol. The van der Waals surface area contributed by atoms with Crippen molar-refractivity contribution in [2.45, 2.75) is 19.4 Å². The van der Waals surface area contributed by atoms with E-state index in [1.165, 1.54) is 9.80 Å². The van der Waals surface area contributed by atoms with Gasteiger partial charge in [0.2, 0.25) is 0 Å². The lowest BCUT2D eigenvalue weighted by Crippen LogP contribution is -2.49. The number of urea groups is 1. The van der Waals surface area contributed by atoms with E-state index in [0.717, 1.165) is 0 Å². The van der Waals surface area contributed by atoms with E-state index >= 15 is 0 Å². The maximum absolute atomic E-state index is 12.2. The van der Waals surface area contributed by atoms with Gasteiger partial charge in [-0.1, -0.05) is 0 Å². The van der Waals surface area contributed by atoms with Crippen molar-refractivity contribution < 1.29 is 29.0 Å². The Morgan fingerprint density at radius 3 is 2.52 bits per heavy atom. The Hall–Kier alpha value is -1.83. The first-order valence-electron chi connectivity index (χ1n) is 6.82. The molecule has 0 aromatic carbocycles. The summed E-state index contributed by atoms with van der Waals surface area (Å²) >= 11 is 0. The molecule has 2 amide bonds. The highest BCUT2D eigenvalue weighted by molar-refractivity contribution is 5.77. The molecule has 120 valence electrons. The second-order valence-electron chi connectivity index (χ2n) is 4.92. The molecule has 1 fully saturated rings. The number of carbonyl (C=O) groups excluding carboxylic acids is 2. The maximum atomic E-state index is 12.2. The smallest absolute Gasteiger partial charge is 0.319 e. The number of esters is 1. The molecule has 0 saturated carbocycles. The van der Waals surface area contributed by atoms with Crippen LogP contribution in [-0.4, -0.2) is 79.4 Å². The van der Waals surface area contributed by atoms with Gasteiger partial charge in [-0.3, -0.25) is 9.59 Å². The fraction of sp³-hybridized carbons (Fsp3) is 0.769. The second-order valence-corrected chi connectivity index (χ2v) is 4.92. The van der Waals surface area contributed by atoms with Gasteiger partial charge < -0.3 is 24.4 Å². The number of hydrogen-bond donors (Lipinski definition) is 1. The van der Waals surface area contributed by atoms with Crippen LogP contribution in [0.3, 0.4) is 0 Å². The number of carboxylic acids is 1. The summed E-state index contributed by atoms with van der Waals surface area (Å²) in [5.41, 5.74) is 0. The number of carboxylic acid groups (broad SMARTS) is 1. The van der Waals surface area contributed by atoms with Crippen molar-refractivity contribution in [2.75, 3.05) is 40.5 Å². The van der Waals surface area contributed by atoms with Crippen molar-refractivity contribution in [1.29, 1.82) is 0 Å². The van der Waals surface area contributed by atoms with E-state index in [1.807, 2.05) is 0 Å². The Bertz CT molecular complexity index is 400. The van der Waals surface area contributed by atoms with Crippen molar-refractivity contribution in [3.05, 3.63) is 0 Å². The van der Waals surface area contributed by atoms with Crippen molar-refractivity contribution >= 4 is 18.0 Å². The van der Waals surface area contributed by atoms with Crippen LogP contribution in [0.1, 0.15) is 13.3 Å². The van der Waals surface area contributed by atoms with E-state index in [9.17, 15) is 14.4 Å². The topological polar surface area (TPSA) is 96.4 Å². The molecule has 1 N–H and O–H groups in total. The fourth-order valence-corrected chi connectivity index (χ4v) is 2.16. The lowest BCUT2D eigenvalue weighted by Gasteiger charge is -2.30. The summed E-state index contributed by atoms with van der Waals surface area (Å²) in [6, 6.07) is -0.846. The number of hydrogen-bond acceptors (Lipinski definition) is 5. The van der Waals surface area contributed by atoms with Crippen LogP contribution < -0.4 is 0 Å². The molecular formula is C13H22N2O6. The van der Waals surface area contributed by atoms with Crippen LogP contribution in [0.25, 0.3) is 0 Å². The Morgan fingerprint density at radius 1 is 1.29 bits per heavy atom. The van der Waals surface area contributed by atoms with Crippen LogP contribution in [0.2, 0.25) is 0 Å². The highest BCUT2D eigenvalue weighted by Gasteiger charge is 2.39. The number of carbonyl (C=O) groups is 3. The van der Waals surface area contributed by atoms with Crippen LogP contribution in [0.4, 0.5) is 4.79 Å². The third kappa shape index (κ3) is 4.59. The summed E-state index contributed by atoms with van der Waals surface area (Å²) in [7, 11) is 3.10. The van der Waals surface area contributed by atoms with Crippen LogP contribution in [0, 0.1) is 5.92 Å². The van der Waals surface area contributed by atoms with E-state index in [1.54, 1.807) is 21.0 Å². The Kier molecular flexibility index (Phi) is 6.41. The van der Waals surface area contributed by atoms with Crippen molar-refractivity contribution in [2.24, 2.45) is 5.92 Å². The largest absolute Gasteiger partial charge is 0.481 e. The van der Waals surface area contributed by atoms with Gasteiger partial charge in [0.25, 0.3) is 0 Å². The van der Waals surface area contributed by atoms with Crippen LogP contribution in [0.5, 0.6) is 0 Å². The molecule has 21 heavy (non-hydrogen) atoms. The standard InChI is InChI=1S/C13H22N2O6/c1-4-21-11(16)5-6-14(2)13(19)15(3)10-8-20-7-9(10)12(17)18/h9-10H,4-8H2,1-3H3,(H,17,18). The van der Waals surface area contributed by atoms with E-state index in [-0.39, 0.29) is 38.2 Å². The van der Waals surface area contributed by atoms with E-state index in [2.05, 4.69) is 0 Å². The third-order valence-corrected chi connectivity index (χ3v) is 3.45. The van der Waals surface area contributed by atoms with Gasteiger partial charge >= 0.3 is 18.0 Å². The summed E-state index contributed by atoms with van der Waals surface area (Å²) in [4.78, 5) is 37.3. The first-order valence-corrected chi connectivity index (χ1v) is 6.82. The van der Waals surface area contributed by atoms with Gasteiger partial charge in [-0.25, -0.2) is 4.79 Å². The molecule has 0 radical (unpaired) electrons. The van der Waals surface area contributed by atoms with Gasteiger partial charge in [-0.15, -0.1) is 0 Å². The first-order chi connectivity index (χ1) is 9.88. The number of likely N-dealkylation sites (N-methyl/N-ethyl adjacent to an activating group) is 1. The highest BCUT2D eigenvalue weighted by atomic mass is 16.5. The predicted molar refractivity (Wildman–Crippen MR) is 72.8 cm³/mol. The summed E-state index contributed by atoms with van der Waals surface area (Å²) in [6.45, 7) is 2.53. The first kappa shape index (κ1) is 17.2. The number of ether oxygens (including phenoxy) is 2. The Morgan fingerprint density at radius 2 is 1.95 bits per heavy atom. The molecule has 1 aliphatic heterocycles. The molecule has 2 atom stereocenters. The normalized spacial score (nSPS) is 20.9. The molecule has 0 aromatic heterocycles. The molecular weight excluding hydrogens is 280 g/mol. The number of nitrogens with zero attached hydrogens (tertiary/aromatic N) is 2. The summed E-state index contributed by atoms with van der Waals surface area (Å²) in [5, 5.41) is 9.10. The van der Waals surface area contributed by atoms with Gasteiger partial charge in [-0.05, 0) is 6.92 Å². The molecule has 1 heterocycles. The average Bonchev–Trinajstić information content (AvgIpc) is 2.93. The van der Waals surface area contributed by atoms with Crippen LogP contribution in [-0.2, 0) is 19.1 Å². The minimum Gasteiger partial charge on any atom is -0.481 e. The fourth-order valence-electron chi connectivity index (χ4n) is 2.16.